The van der Waals surface area contributed by atoms with E-state index in [-0.39, 0.29) is 17.9 Å². The summed E-state index contributed by atoms with van der Waals surface area (Å²) in [5, 5.41) is 8.53. The summed E-state index contributed by atoms with van der Waals surface area (Å²) >= 11 is 4.56. The second-order valence-corrected chi connectivity index (χ2v) is 8.09. The van der Waals surface area contributed by atoms with Crippen molar-refractivity contribution in [2.45, 2.75) is 18.2 Å². The average molecular weight is 342 g/mol. The Labute approximate surface area is 112 Å². The molecule has 1 aromatic rings. The molecule has 17 heavy (non-hydrogen) atoms. The number of carboxylic acids is 1. The van der Waals surface area contributed by atoms with Gasteiger partial charge in [0.1, 0.15) is 0 Å². The summed E-state index contributed by atoms with van der Waals surface area (Å²) in [7, 11) is -2.22. The Hall–Kier alpha value is -0.440. The molecule has 1 N–H and O–H groups in total. The molecule has 1 aromatic heterocycles. The zero-order valence-corrected chi connectivity index (χ0v) is 12.5. The van der Waals surface area contributed by atoms with E-state index in [1.165, 1.54) is 24.5 Å². The molecule has 0 saturated carbocycles. The molecule has 0 saturated heterocycles. The van der Waals surface area contributed by atoms with Gasteiger partial charge in [0.05, 0.1) is 15.1 Å². The maximum atomic E-state index is 12.1. The largest absolute Gasteiger partial charge is 0.481 e. The number of carbonyl (C=O) groups is 1. The van der Waals surface area contributed by atoms with Crippen molar-refractivity contribution in [1.82, 2.24) is 4.31 Å². The van der Waals surface area contributed by atoms with Crippen LogP contribution in [0.3, 0.4) is 0 Å². The second-order valence-electron chi connectivity index (χ2n) is 3.44. The topological polar surface area (TPSA) is 74.7 Å². The lowest BCUT2D eigenvalue weighted by atomic mass is 10.4. The predicted octanol–water partition coefficient (Wildman–Crippen LogP) is 1.91. The van der Waals surface area contributed by atoms with Crippen LogP contribution in [0, 0.1) is 6.92 Å². The van der Waals surface area contributed by atoms with E-state index in [2.05, 4.69) is 15.9 Å². The highest BCUT2D eigenvalue weighted by Gasteiger charge is 2.24. The highest BCUT2D eigenvalue weighted by atomic mass is 79.9. The molecule has 0 aliphatic rings. The normalized spacial score (nSPS) is 12.0. The van der Waals surface area contributed by atoms with E-state index in [0.29, 0.717) is 4.88 Å². The molecule has 0 fully saturated rings. The number of halogens is 1. The first-order valence-corrected chi connectivity index (χ1v) is 7.74. The van der Waals surface area contributed by atoms with Gasteiger partial charge in [-0.1, -0.05) is 0 Å². The molecule has 0 aliphatic carbocycles. The summed E-state index contributed by atoms with van der Waals surface area (Å²) in [6.45, 7) is 1.68. The third-order valence-electron chi connectivity index (χ3n) is 2.17. The smallest absolute Gasteiger partial charge is 0.304 e. The van der Waals surface area contributed by atoms with Crippen LogP contribution in [0.4, 0.5) is 0 Å². The van der Waals surface area contributed by atoms with Gasteiger partial charge >= 0.3 is 5.97 Å². The lowest BCUT2D eigenvalue weighted by molar-refractivity contribution is -0.137. The maximum absolute atomic E-state index is 12.1. The van der Waals surface area contributed by atoms with E-state index in [0.717, 1.165) is 8.09 Å². The monoisotopic (exact) mass is 341 g/mol. The van der Waals surface area contributed by atoms with Gasteiger partial charge in [0.25, 0.3) is 0 Å². The first-order chi connectivity index (χ1) is 7.75. The van der Waals surface area contributed by atoms with E-state index < -0.39 is 16.0 Å². The quantitative estimate of drug-likeness (QED) is 0.887. The first kappa shape index (κ1) is 14.6. The van der Waals surface area contributed by atoms with E-state index in [9.17, 15) is 13.2 Å². The van der Waals surface area contributed by atoms with Gasteiger partial charge in [-0.25, -0.2) is 12.7 Å². The molecule has 0 amide bonds. The number of rotatable bonds is 5. The summed E-state index contributed by atoms with van der Waals surface area (Å²) in [5.41, 5.74) is 0. The summed E-state index contributed by atoms with van der Waals surface area (Å²) in [6, 6.07) is 1.53. The van der Waals surface area contributed by atoms with Crippen molar-refractivity contribution in [3.05, 3.63) is 14.7 Å². The zero-order valence-electron chi connectivity index (χ0n) is 9.31. The number of nitrogens with zero attached hydrogens (tertiary/aromatic N) is 1. The predicted molar refractivity (Wildman–Crippen MR) is 68.8 cm³/mol. The fourth-order valence-electron chi connectivity index (χ4n) is 1.23. The molecule has 5 nitrogen and oxygen atoms in total. The summed E-state index contributed by atoms with van der Waals surface area (Å²) < 4.78 is 26.0. The SMILES string of the molecule is Cc1sc(Br)cc1S(=O)(=O)N(C)CCC(=O)O. The number of sulfonamides is 1. The zero-order chi connectivity index (χ0) is 13.2. The number of hydrogen-bond donors (Lipinski definition) is 1. The van der Waals surface area contributed by atoms with Crippen molar-refractivity contribution in [2.24, 2.45) is 0 Å². The van der Waals surface area contributed by atoms with Crippen LogP contribution in [0.2, 0.25) is 0 Å². The van der Waals surface area contributed by atoms with Gasteiger partial charge in [-0.3, -0.25) is 4.79 Å². The van der Waals surface area contributed by atoms with Crippen molar-refractivity contribution in [2.75, 3.05) is 13.6 Å². The number of thiophene rings is 1. The molecular weight excluding hydrogens is 330 g/mol. The molecule has 8 heteroatoms. The molecule has 1 heterocycles. The molecular formula is C9H12BrNO4S2. The van der Waals surface area contributed by atoms with Crippen LogP contribution in [0.5, 0.6) is 0 Å². The third-order valence-corrected chi connectivity index (χ3v) is 5.84. The van der Waals surface area contributed by atoms with E-state index in [4.69, 9.17) is 5.11 Å². The van der Waals surface area contributed by atoms with Crippen molar-refractivity contribution < 1.29 is 18.3 Å². The Morgan fingerprint density at radius 3 is 2.59 bits per heavy atom. The number of carboxylic acid groups (broad SMARTS) is 1. The Morgan fingerprint density at radius 2 is 2.18 bits per heavy atom. The van der Waals surface area contributed by atoms with Crippen LogP contribution in [0.15, 0.2) is 14.7 Å². The third kappa shape index (κ3) is 3.51. The van der Waals surface area contributed by atoms with Crippen LogP contribution < -0.4 is 0 Å². The van der Waals surface area contributed by atoms with Crippen LogP contribution in [0.25, 0.3) is 0 Å². The standard InChI is InChI=1S/C9H12BrNO4S2/c1-6-7(5-8(10)16-6)17(14,15)11(2)4-3-9(12)13/h5H,3-4H2,1-2H3,(H,12,13). The highest BCUT2D eigenvalue weighted by Crippen LogP contribution is 2.31. The van der Waals surface area contributed by atoms with Crippen molar-refractivity contribution in [3.63, 3.8) is 0 Å². The average Bonchev–Trinajstić information content (AvgIpc) is 2.54. The minimum absolute atomic E-state index is 0.0371. The maximum Gasteiger partial charge on any atom is 0.304 e. The Balaban J connectivity index is 2.95. The fraction of sp³-hybridized carbons (Fsp3) is 0.444. The van der Waals surface area contributed by atoms with Gasteiger partial charge in [0.15, 0.2) is 0 Å². The van der Waals surface area contributed by atoms with Gasteiger partial charge in [-0.05, 0) is 28.9 Å². The van der Waals surface area contributed by atoms with Gasteiger partial charge in [-0.2, -0.15) is 0 Å². The molecule has 96 valence electrons. The highest BCUT2D eigenvalue weighted by molar-refractivity contribution is 9.11. The van der Waals surface area contributed by atoms with E-state index in [1.807, 2.05) is 0 Å². The molecule has 0 spiro atoms. The fourth-order valence-corrected chi connectivity index (χ4v) is 4.78. The molecule has 0 aliphatic heterocycles. The molecule has 0 unspecified atom stereocenters. The van der Waals surface area contributed by atoms with Crippen molar-refractivity contribution in [3.8, 4) is 0 Å². The Kier molecular flexibility index (Phi) is 4.70. The lowest BCUT2D eigenvalue weighted by Gasteiger charge is -2.15. The Bertz CT molecular complexity index is 523. The molecule has 0 bridgehead atoms. The second kappa shape index (κ2) is 5.47. The minimum atomic E-state index is -3.59. The van der Waals surface area contributed by atoms with Crippen LogP contribution in [-0.2, 0) is 14.8 Å². The van der Waals surface area contributed by atoms with Gasteiger partial charge in [0, 0.05) is 18.5 Å². The van der Waals surface area contributed by atoms with Gasteiger partial charge in [-0.15, -0.1) is 11.3 Å². The molecule has 1 rings (SSSR count). The molecule has 0 atom stereocenters. The summed E-state index contributed by atoms with van der Waals surface area (Å²) in [4.78, 5) is 11.3. The lowest BCUT2D eigenvalue weighted by Crippen LogP contribution is -2.29. The van der Waals surface area contributed by atoms with Crippen LogP contribution in [0.1, 0.15) is 11.3 Å². The summed E-state index contributed by atoms with van der Waals surface area (Å²) in [6.07, 6.45) is -0.208. The minimum Gasteiger partial charge on any atom is -0.481 e. The number of aliphatic carboxylic acids is 1. The summed E-state index contributed by atoms with van der Waals surface area (Å²) in [5.74, 6) is -1.02. The van der Waals surface area contributed by atoms with Gasteiger partial charge in [0.2, 0.25) is 10.0 Å². The van der Waals surface area contributed by atoms with Crippen LogP contribution in [-0.4, -0.2) is 37.4 Å². The van der Waals surface area contributed by atoms with E-state index >= 15 is 0 Å². The van der Waals surface area contributed by atoms with Crippen molar-refractivity contribution in [1.29, 1.82) is 0 Å². The van der Waals surface area contributed by atoms with Crippen molar-refractivity contribution >= 4 is 43.3 Å². The molecule has 0 aromatic carbocycles. The number of aryl methyl sites for hydroxylation is 1. The molecule has 0 radical (unpaired) electrons. The van der Waals surface area contributed by atoms with E-state index in [1.54, 1.807) is 6.92 Å². The van der Waals surface area contributed by atoms with Gasteiger partial charge < -0.3 is 5.11 Å². The van der Waals surface area contributed by atoms with Crippen LogP contribution >= 0.6 is 27.3 Å². The first-order valence-electron chi connectivity index (χ1n) is 4.69. The Morgan fingerprint density at radius 1 is 1.59 bits per heavy atom. The number of hydrogen-bond acceptors (Lipinski definition) is 4.